The fourth-order valence-electron chi connectivity index (χ4n) is 3.60. The van der Waals surface area contributed by atoms with E-state index in [9.17, 15) is 18.0 Å². The van der Waals surface area contributed by atoms with Crippen LogP contribution in [0.3, 0.4) is 0 Å². The highest BCUT2D eigenvalue weighted by Crippen LogP contribution is 2.66. The smallest absolute Gasteiger partial charge is 0.431 e. The van der Waals surface area contributed by atoms with E-state index >= 15 is 0 Å². The number of hydrogen-bond acceptors (Lipinski definition) is 4. The van der Waals surface area contributed by atoms with Crippen molar-refractivity contribution in [3.8, 4) is 11.6 Å². The number of alkyl halides is 7. The Balaban J connectivity index is 1.81. The Morgan fingerprint density at radius 3 is 2.25 bits per heavy atom. The zero-order valence-electron chi connectivity index (χ0n) is 16.7. The molecule has 1 aromatic heterocycles. The first kappa shape index (κ1) is 26.0. The van der Waals surface area contributed by atoms with Gasteiger partial charge in [-0.3, -0.25) is 4.79 Å². The maximum atomic E-state index is 13.9. The number of carbonyl (C=O) groups is 1. The first-order valence-corrected chi connectivity index (χ1v) is 12.7. The maximum Gasteiger partial charge on any atom is 0.431 e. The van der Waals surface area contributed by atoms with E-state index in [1.54, 1.807) is 30.3 Å². The molecule has 4 nitrogen and oxygen atoms in total. The molecule has 1 unspecified atom stereocenters. The van der Waals surface area contributed by atoms with Gasteiger partial charge in [0.1, 0.15) is 7.89 Å². The number of carbonyl (C=O) groups excluding carboxylic acids is 1. The maximum absolute atomic E-state index is 13.9. The average molecular weight is 709 g/mol. The zero-order valence-corrected chi connectivity index (χ0v) is 23.1. The SMILES string of the molecule is CC1(C)[C@H](C(Br)C(Br)(Br)Br)[C@@H]1C(=O)O[C@H](c1cccc(Oc2ccccc2)n1)C(F)(F)F. The molecule has 0 bridgehead atoms. The minimum absolute atomic E-state index is 0.0354. The minimum atomic E-state index is -4.85. The van der Waals surface area contributed by atoms with Crippen molar-refractivity contribution in [2.24, 2.45) is 17.3 Å². The number of nitrogens with zero attached hydrogens (tertiary/aromatic N) is 1. The molecule has 11 heteroatoms. The van der Waals surface area contributed by atoms with Crippen LogP contribution in [-0.4, -0.2) is 24.1 Å². The summed E-state index contributed by atoms with van der Waals surface area (Å²) in [5.74, 6) is -1.55. The molecular formula is C21H18Br4F3NO3. The molecule has 1 saturated carbocycles. The van der Waals surface area contributed by atoms with E-state index in [2.05, 4.69) is 68.7 Å². The van der Waals surface area contributed by atoms with E-state index in [0.717, 1.165) is 6.07 Å². The van der Waals surface area contributed by atoms with Crippen molar-refractivity contribution < 1.29 is 27.4 Å². The molecule has 4 atom stereocenters. The predicted octanol–water partition coefficient (Wildman–Crippen LogP) is 7.89. The van der Waals surface area contributed by atoms with Crippen LogP contribution in [0.5, 0.6) is 11.6 Å². The zero-order chi connectivity index (χ0) is 23.9. The highest BCUT2D eigenvalue weighted by molar-refractivity contribution is 9.40. The van der Waals surface area contributed by atoms with E-state index in [0.29, 0.717) is 5.75 Å². The minimum Gasteiger partial charge on any atom is -0.446 e. The van der Waals surface area contributed by atoms with Crippen LogP contribution < -0.4 is 4.74 Å². The van der Waals surface area contributed by atoms with Crippen molar-refractivity contribution in [2.45, 2.75) is 33.1 Å². The third-order valence-corrected chi connectivity index (χ3v) is 9.88. The third kappa shape index (κ3) is 5.88. The Morgan fingerprint density at radius 1 is 1.06 bits per heavy atom. The molecule has 0 radical (unpaired) electrons. The molecule has 0 spiro atoms. The summed E-state index contributed by atoms with van der Waals surface area (Å²) in [4.78, 5) is 16.5. The van der Waals surface area contributed by atoms with E-state index in [1.165, 1.54) is 12.1 Å². The Kier molecular flexibility index (Phi) is 7.74. The van der Waals surface area contributed by atoms with Crippen LogP contribution >= 0.6 is 63.7 Å². The van der Waals surface area contributed by atoms with Crippen molar-refractivity contribution in [3.05, 3.63) is 54.2 Å². The molecule has 1 fully saturated rings. The second-order valence-corrected chi connectivity index (χ2v) is 15.9. The van der Waals surface area contributed by atoms with Gasteiger partial charge < -0.3 is 9.47 Å². The van der Waals surface area contributed by atoms with Crippen LogP contribution in [0.4, 0.5) is 13.2 Å². The molecule has 1 heterocycles. The van der Waals surface area contributed by atoms with Gasteiger partial charge >= 0.3 is 12.1 Å². The number of halogens is 7. The van der Waals surface area contributed by atoms with Crippen LogP contribution in [0.15, 0.2) is 48.5 Å². The van der Waals surface area contributed by atoms with Crippen molar-refractivity contribution >= 4 is 69.7 Å². The van der Waals surface area contributed by atoms with Gasteiger partial charge in [-0.05, 0) is 29.5 Å². The number of rotatable bonds is 6. The van der Waals surface area contributed by atoms with Gasteiger partial charge in [0.2, 0.25) is 12.0 Å². The van der Waals surface area contributed by atoms with E-state index < -0.39 is 37.4 Å². The standard InChI is InChI=1S/C21H18Br4F3NO3/c1-19(2)14(16(22)20(23,24)25)15(19)18(30)32-17(21(26,27)28)12-9-6-10-13(29-12)31-11-7-4-3-5-8-11/h3-10,14-17H,1-2H3/t14-,15+,16?,17+/m0/s1. The Bertz CT molecular complexity index is 967. The van der Waals surface area contributed by atoms with Crippen LogP contribution in [0, 0.1) is 17.3 Å². The molecule has 2 aromatic rings. The Labute approximate surface area is 217 Å². The van der Waals surface area contributed by atoms with Crippen molar-refractivity contribution in [2.75, 3.05) is 0 Å². The lowest BCUT2D eigenvalue weighted by Crippen LogP contribution is -2.29. The topological polar surface area (TPSA) is 48.4 Å². The molecule has 32 heavy (non-hydrogen) atoms. The molecule has 1 aliphatic rings. The predicted molar refractivity (Wildman–Crippen MR) is 129 cm³/mol. The van der Waals surface area contributed by atoms with Gasteiger partial charge in [-0.1, -0.05) is 102 Å². The summed E-state index contributed by atoms with van der Waals surface area (Å²) in [7, 11) is 0. The number of aromatic nitrogens is 1. The average Bonchev–Trinajstić information content (AvgIpc) is 3.26. The summed E-state index contributed by atoms with van der Waals surface area (Å²) in [5, 5.41) is 0. The second-order valence-electron chi connectivity index (χ2n) is 7.94. The fourth-order valence-corrected chi connectivity index (χ4v) is 5.45. The molecule has 0 amide bonds. The lowest BCUT2D eigenvalue weighted by atomic mass is 10.1. The number of para-hydroxylation sites is 1. The summed E-state index contributed by atoms with van der Waals surface area (Å²) in [6.07, 6.45) is -7.36. The van der Waals surface area contributed by atoms with Crippen LogP contribution in [0.1, 0.15) is 25.6 Å². The molecule has 3 rings (SSSR count). The quantitative estimate of drug-likeness (QED) is 0.226. The van der Waals surface area contributed by atoms with Crippen molar-refractivity contribution in [1.82, 2.24) is 4.98 Å². The highest BCUT2D eigenvalue weighted by Gasteiger charge is 2.68. The molecular weight excluding hydrogens is 691 g/mol. The fraction of sp³-hybridized carbons (Fsp3) is 0.429. The van der Waals surface area contributed by atoms with Gasteiger partial charge in [-0.15, -0.1) is 0 Å². The van der Waals surface area contributed by atoms with Gasteiger partial charge in [0, 0.05) is 6.07 Å². The molecule has 174 valence electrons. The normalized spacial score (nSPS) is 22.0. The summed E-state index contributed by atoms with van der Waals surface area (Å²) in [6, 6.07) is 12.5. The first-order valence-electron chi connectivity index (χ1n) is 9.40. The molecule has 0 N–H and O–H groups in total. The summed E-state index contributed by atoms with van der Waals surface area (Å²) >= 11 is 13.7. The van der Waals surface area contributed by atoms with Gasteiger partial charge in [0.05, 0.1) is 16.4 Å². The van der Waals surface area contributed by atoms with Crippen LogP contribution in [-0.2, 0) is 9.53 Å². The number of pyridine rings is 1. The largest absolute Gasteiger partial charge is 0.446 e. The first-order chi connectivity index (χ1) is 14.7. The van der Waals surface area contributed by atoms with Gasteiger partial charge in [-0.25, -0.2) is 4.98 Å². The van der Waals surface area contributed by atoms with Crippen LogP contribution in [0.2, 0.25) is 0 Å². The number of hydrogen-bond donors (Lipinski definition) is 0. The summed E-state index contributed by atoms with van der Waals surface area (Å²) < 4.78 is 51.4. The highest BCUT2D eigenvalue weighted by atomic mass is 80.0. The Hall–Kier alpha value is -0.650. The van der Waals surface area contributed by atoms with Gasteiger partial charge in [0.15, 0.2) is 0 Å². The van der Waals surface area contributed by atoms with Gasteiger partial charge in [0.25, 0.3) is 0 Å². The number of esters is 1. The number of benzene rings is 1. The van der Waals surface area contributed by atoms with E-state index in [4.69, 9.17) is 9.47 Å². The number of ether oxygens (including phenoxy) is 2. The van der Waals surface area contributed by atoms with E-state index in [-0.39, 0.29) is 16.6 Å². The Morgan fingerprint density at radius 2 is 1.69 bits per heavy atom. The third-order valence-electron chi connectivity index (χ3n) is 5.30. The van der Waals surface area contributed by atoms with Crippen LogP contribution in [0.25, 0.3) is 0 Å². The monoisotopic (exact) mass is 705 g/mol. The lowest BCUT2D eigenvalue weighted by Gasteiger charge is -2.22. The van der Waals surface area contributed by atoms with Crippen molar-refractivity contribution in [1.29, 1.82) is 0 Å². The lowest BCUT2D eigenvalue weighted by molar-refractivity contribution is -0.226. The molecule has 0 saturated heterocycles. The molecule has 1 aliphatic carbocycles. The molecule has 1 aromatic carbocycles. The molecule has 0 aliphatic heterocycles. The second kappa shape index (κ2) is 9.54. The summed E-state index contributed by atoms with van der Waals surface area (Å²) in [6.45, 7) is 3.62. The van der Waals surface area contributed by atoms with E-state index in [1.807, 2.05) is 13.8 Å². The van der Waals surface area contributed by atoms with Crippen molar-refractivity contribution in [3.63, 3.8) is 0 Å². The summed E-state index contributed by atoms with van der Waals surface area (Å²) in [5.41, 5.74) is -1.02. The van der Waals surface area contributed by atoms with Gasteiger partial charge in [-0.2, -0.15) is 13.2 Å².